The average molecular weight is 312 g/mol. The van der Waals surface area contributed by atoms with Gasteiger partial charge in [-0.1, -0.05) is 0 Å². The Kier molecular flexibility index (Phi) is 4.22. The first kappa shape index (κ1) is 13.3. The van der Waals surface area contributed by atoms with Crippen molar-refractivity contribution in [2.75, 3.05) is 18.5 Å². The molecular weight excluding hydrogens is 294 g/mol. The normalized spacial score (nSPS) is 19.7. The molecule has 0 bridgehead atoms. The van der Waals surface area contributed by atoms with Gasteiger partial charge in [0.15, 0.2) is 0 Å². The molecule has 98 valence electrons. The lowest BCUT2D eigenvalue weighted by molar-refractivity contribution is -0.122. The number of hydrogen-bond donors (Lipinski definition) is 1. The third-order valence-corrected chi connectivity index (χ3v) is 4.19. The molecule has 5 heteroatoms. The maximum absolute atomic E-state index is 11.9. The minimum atomic E-state index is -0.0863. The molecule has 1 atom stereocenters. The monoisotopic (exact) mass is 311 g/mol. The number of anilines is 1. The maximum atomic E-state index is 11.9. The highest BCUT2D eigenvalue weighted by Gasteiger charge is 2.28. The Bertz CT molecular complexity index is 450. The molecule has 1 aromatic heterocycles. The topological polar surface area (TPSA) is 45.2 Å². The van der Waals surface area contributed by atoms with Gasteiger partial charge in [0.25, 0.3) is 0 Å². The Morgan fingerprint density at radius 1 is 1.50 bits per heavy atom. The van der Waals surface area contributed by atoms with E-state index in [4.69, 9.17) is 0 Å². The van der Waals surface area contributed by atoms with Crippen LogP contribution >= 0.6 is 15.9 Å². The summed E-state index contributed by atoms with van der Waals surface area (Å²) in [6.07, 6.45) is 3.12. The molecule has 2 rings (SSSR count). The van der Waals surface area contributed by atoms with Gasteiger partial charge in [-0.15, -0.1) is 0 Å². The van der Waals surface area contributed by atoms with Crippen LogP contribution in [0.5, 0.6) is 0 Å². The number of amides is 1. The van der Waals surface area contributed by atoms with Crippen LogP contribution in [0, 0.1) is 6.92 Å². The molecule has 0 saturated carbocycles. The number of nitrogens with zero attached hydrogens (tertiary/aromatic N) is 2. The molecule has 1 unspecified atom stereocenters. The number of carbonyl (C=O) groups is 1. The summed E-state index contributed by atoms with van der Waals surface area (Å²) in [5, 5.41) is 2.74. The number of hydrogen-bond acceptors (Lipinski definition) is 3. The fraction of sp³-hybridized carbons (Fsp3) is 0.538. The van der Waals surface area contributed by atoms with Crippen LogP contribution in [-0.2, 0) is 4.79 Å². The SMILES string of the molecule is CNC(=O)C1CCCCN1c1ccc(Br)c(C)n1. The van der Waals surface area contributed by atoms with Crippen LogP contribution in [-0.4, -0.2) is 30.5 Å². The number of carbonyl (C=O) groups excluding carboxylic acids is 1. The van der Waals surface area contributed by atoms with Gasteiger partial charge in [0.05, 0.1) is 5.69 Å². The van der Waals surface area contributed by atoms with Gasteiger partial charge >= 0.3 is 0 Å². The van der Waals surface area contributed by atoms with Crippen LogP contribution in [0.4, 0.5) is 5.82 Å². The standard InChI is InChI=1S/C13H18BrN3O/c1-9-10(14)6-7-12(16-9)17-8-4-3-5-11(17)13(18)15-2/h6-7,11H,3-5,8H2,1-2H3,(H,15,18). The summed E-state index contributed by atoms with van der Waals surface area (Å²) >= 11 is 3.45. The highest BCUT2D eigenvalue weighted by molar-refractivity contribution is 9.10. The minimum Gasteiger partial charge on any atom is -0.357 e. The van der Waals surface area contributed by atoms with Crippen molar-refractivity contribution >= 4 is 27.7 Å². The van der Waals surface area contributed by atoms with Crippen LogP contribution in [0.2, 0.25) is 0 Å². The number of aryl methyl sites for hydroxylation is 1. The molecule has 0 radical (unpaired) electrons. The molecular formula is C13H18BrN3O. The number of piperidine rings is 1. The van der Waals surface area contributed by atoms with Crippen LogP contribution < -0.4 is 10.2 Å². The van der Waals surface area contributed by atoms with Crippen molar-refractivity contribution in [1.29, 1.82) is 0 Å². The Labute approximate surface area is 116 Å². The zero-order chi connectivity index (χ0) is 13.1. The van der Waals surface area contributed by atoms with Gasteiger partial charge in [-0.25, -0.2) is 4.98 Å². The third kappa shape index (κ3) is 2.66. The van der Waals surface area contributed by atoms with Crippen LogP contribution in [0.15, 0.2) is 16.6 Å². The van der Waals surface area contributed by atoms with E-state index in [1.54, 1.807) is 7.05 Å². The molecule has 0 aromatic carbocycles. The Hall–Kier alpha value is -1.10. The molecule has 1 aliphatic rings. The second-order valence-electron chi connectivity index (χ2n) is 4.56. The van der Waals surface area contributed by atoms with Gasteiger partial charge in [-0.2, -0.15) is 0 Å². The summed E-state index contributed by atoms with van der Waals surface area (Å²) in [6, 6.07) is 3.88. The highest BCUT2D eigenvalue weighted by atomic mass is 79.9. The third-order valence-electron chi connectivity index (χ3n) is 3.35. The van der Waals surface area contributed by atoms with Gasteiger partial charge in [0, 0.05) is 18.1 Å². The number of pyridine rings is 1. The molecule has 2 heterocycles. The first-order chi connectivity index (χ1) is 8.63. The number of rotatable bonds is 2. The Morgan fingerprint density at radius 3 is 2.94 bits per heavy atom. The lowest BCUT2D eigenvalue weighted by atomic mass is 10.0. The predicted octanol–water partition coefficient (Wildman–Crippen LogP) is 2.26. The summed E-state index contributed by atoms with van der Waals surface area (Å²) < 4.78 is 1.000. The Morgan fingerprint density at radius 2 is 2.28 bits per heavy atom. The molecule has 0 spiro atoms. The molecule has 1 fully saturated rings. The summed E-state index contributed by atoms with van der Waals surface area (Å²) in [4.78, 5) is 18.6. The number of aromatic nitrogens is 1. The van der Waals surface area contributed by atoms with E-state index in [1.165, 1.54) is 0 Å². The number of nitrogens with one attached hydrogen (secondary N) is 1. The molecule has 18 heavy (non-hydrogen) atoms. The van der Waals surface area contributed by atoms with E-state index in [9.17, 15) is 4.79 Å². The molecule has 0 aliphatic carbocycles. The van der Waals surface area contributed by atoms with E-state index < -0.39 is 0 Å². The lowest BCUT2D eigenvalue weighted by Crippen LogP contribution is -2.49. The smallest absolute Gasteiger partial charge is 0.242 e. The van der Waals surface area contributed by atoms with Gasteiger partial charge < -0.3 is 10.2 Å². The van der Waals surface area contributed by atoms with Crippen molar-refractivity contribution in [2.45, 2.75) is 32.2 Å². The van der Waals surface area contributed by atoms with Crippen LogP contribution in [0.1, 0.15) is 25.0 Å². The van der Waals surface area contributed by atoms with E-state index in [1.807, 2.05) is 19.1 Å². The minimum absolute atomic E-state index is 0.0806. The van der Waals surface area contributed by atoms with Crippen LogP contribution in [0.25, 0.3) is 0 Å². The van der Waals surface area contributed by atoms with E-state index in [2.05, 4.69) is 31.1 Å². The zero-order valence-electron chi connectivity index (χ0n) is 10.7. The first-order valence-electron chi connectivity index (χ1n) is 6.25. The zero-order valence-corrected chi connectivity index (χ0v) is 12.3. The van der Waals surface area contributed by atoms with Crippen molar-refractivity contribution in [3.8, 4) is 0 Å². The van der Waals surface area contributed by atoms with E-state index in [0.717, 1.165) is 41.8 Å². The predicted molar refractivity (Wildman–Crippen MR) is 75.7 cm³/mol. The quantitative estimate of drug-likeness (QED) is 0.911. The lowest BCUT2D eigenvalue weighted by Gasteiger charge is -2.35. The van der Waals surface area contributed by atoms with Crippen molar-refractivity contribution < 1.29 is 4.79 Å². The first-order valence-corrected chi connectivity index (χ1v) is 7.04. The molecule has 1 N–H and O–H groups in total. The van der Waals surface area contributed by atoms with Gasteiger partial charge in [0.2, 0.25) is 5.91 Å². The summed E-state index contributed by atoms with van der Waals surface area (Å²) in [5.74, 6) is 0.973. The summed E-state index contributed by atoms with van der Waals surface area (Å²) in [6.45, 7) is 2.86. The molecule has 1 aliphatic heterocycles. The largest absolute Gasteiger partial charge is 0.357 e. The van der Waals surface area contributed by atoms with Crippen molar-refractivity contribution in [3.05, 3.63) is 22.3 Å². The highest BCUT2D eigenvalue weighted by Crippen LogP contribution is 2.25. The van der Waals surface area contributed by atoms with Gasteiger partial charge in [-0.3, -0.25) is 4.79 Å². The maximum Gasteiger partial charge on any atom is 0.242 e. The van der Waals surface area contributed by atoms with Gasteiger partial charge in [-0.05, 0) is 54.2 Å². The summed E-state index contributed by atoms with van der Waals surface area (Å²) in [5.41, 5.74) is 0.953. The van der Waals surface area contributed by atoms with Crippen LogP contribution in [0.3, 0.4) is 0 Å². The fourth-order valence-electron chi connectivity index (χ4n) is 2.34. The fourth-order valence-corrected chi connectivity index (χ4v) is 2.56. The molecule has 4 nitrogen and oxygen atoms in total. The summed E-state index contributed by atoms with van der Waals surface area (Å²) in [7, 11) is 1.69. The van der Waals surface area contributed by atoms with Crippen molar-refractivity contribution in [2.24, 2.45) is 0 Å². The van der Waals surface area contributed by atoms with Crippen molar-refractivity contribution in [1.82, 2.24) is 10.3 Å². The number of likely N-dealkylation sites (N-methyl/N-ethyl adjacent to an activating group) is 1. The van der Waals surface area contributed by atoms with E-state index >= 15 is 0 Å². The van der Waals surface area contributed by atoms with E-state index in [0.29, 0.717) is 0 Å². The van der Waals surface area contributed by atoms with E-state index in [-0.39, 0.29) is 11.9 Å². The second-order valence-corrected chi connectivity index (χ2v) is 5.41. The van der Waals surface area contributed by atoms with Crippen molar-refractivity contribution in [3.63, 3.8) is 0 Å². The van der Waals surface area contributed by atoms with Gasteiger partial charge in [0.1, 0.15) is 11.9 Å². The molecule has 1 aromatic rings. The number of halogens is 1. The second kappa shape index (κ2) is 5.69. The molecule has 1 amide bonds. The average Bonchev–Trinajstić information content (AvgIpc) is 2.41. The molecule has 1 saturated heterocycles. The Balaban J connectivity index is 2.27.